The monoisotopic (exact) mass is 269 g/mol. The van der Waals surface area contributed by atoms with Gasteiger partial charge in [-0.1, -0.05) is 12.1 Å². The predicted octanol–water partition coefficient (Wildman–Crippen LogP) is 1.35. The lowest BCUT2D eigenvalue weighted by Crippen LogP contribution is -2.35. The van der Waals surface area contributed by atoms with Crippen molar-refractivity contribution in [3.05, 3.63) is 30.2 Å². The van der Waals surface area contributed by atoms with Gasteiger partial charge in [0.15, 0.2) is 6.54 Å². The quantitative estimate of drug-likeness (QED) is 0.466. The van der Waals surface area contributed by atoms with Crippen molar-refractivity contribution in [2.24, 2.45) is 0 Å². The molecule has 0 saturated carbocycles. The van der Waals surface area contributed by atoms with Gasteiger partial charge in [0.25, 0.3) is 5.52 Å². The largest absolute Gasteiger partial charge is 0.748 e. The van der Waals surface area contributed by atoms with Crippen LogP contribution in [0.15, 0.2) is 28.7 Å². The molecule has 0 N–H and O–H groups in total. The number of para-hydroxylation sites is 2. The third-order valence-corrected chi connectivity index (χ3v) is 3.61. The number of benzene rings is 1. The summed E-state index contributed by atoms with van der Waals surface area (Å²) < 4.78 is 39.0. The highest BCUT2D eigenvalue weighted by Crippen LogP contribution is 2.12. The van der Waals surface area contributed by atoms with Crippen LogP contribution in [0.25, 0.3) is 11.1 Å². The van der Waals surface area contributed by atoms with Crippen LogP contribution in [0.4, 0.5) is 0 Å². The summed E-state index contributed by atoms with van der Waals surface area (Å²) in [6.07, 6.45) is 1.01. The van der Waals surface area contributed by atoms with Gasteiger partial charge in [-0.25, -0.2) is 8.42 Å². The minimum absolute atomic E-state index is 0.303. The van der Waals surface area contributed by atoms with Crippen molar-refractivity contribution < 1.29 is 22.0 Å². The van der Waals surface area contributed by atoms with Crippen LogP contribution in [0.3, 0.4) is 0 Å². The van der Waals surface area contributed by atoms with Crippen LogP contribution < -0.4 is 4.57 Å². The van der Waals surface area contributed by atoms with Gasteiger partial charge in [0.05, 0.1) is 17.0 Å². The van der Waals surface area contributed by atoms with Gasteiger partial charge in [-0.3, -0.25) is 0 Å². The Labute approximate surface area is 106 Å². The average Bonchev–Trinajstić information content (AvgIpc) is 2.59. The Morgan fingerprint density at radius 3 is 2.72 bits per heavy atom. The first-order valence-electron chi connectivity index (χ1n) is 5.79. The second kappa shape index (κ2) is 5.07. The number of hydrogen-bond donors (Lipinski definition) is 0. The van der Waals surface area contributed by atoms with E-state index in [1.807, 2.05) is 35.8 Å². The lowest BCUT2D eigenvalue weighted by Gasteiger charge is -2.04. The summed E-state index contributed by atoms with van der Waals surface area (Å²) in [6, 6.07) is 7.67. The maximum Gasteiger partial charge on any atom is 0.344 e. The van der Waals surface area contributed by atoms with E-state index < -0.39 is 10.1 Å². The van der Waals surface area contributed by atoms with Gasteiger partial charge >= 0.3 is 5.89 Å². The van der Waals surface area contributed by atoms with Crippen molar-refractivity contribution in [1.82, 2.24) is 0 Å². The molecule has 5 nitrogen and oxygen atoms in total. The summed E-state index contributed by atoms with van der Waals surface area (Å²) in [7, 11) is -4.10. The highest BCUT2D eigenvalue weighted by molar-refractivity contribution is 7.85. The molecule has 0 bridgehead atoms. The molecule has 6 heteroatoms. The smallest absolute Gasteiger partial charge is 0.344 e. The molecule has 1 heterocycles. The zero-order chi connectivity index (χ0) is 13.2. The predicted molar refractivity (Wildman–Crippen MR) is 64.9 cm³/mol. The van der Waals surface area contributed by atoms with Crippen LogP contribution in [0.2, 0.25) is 0 Å². The molecule has 18 heavy (non-hydrogen) atoms. The Bertz CT molecular complexity index is 645. The normalized spacial score (nSPS) is 12.1. The summed E-state index contributed by atoms with van der Waals surface area (Å²) in [5.74, 6) is 0.476. The topological polar surface area (TPSA) is 74.2 Å². The number of hydrogen-bond acceptors (Lipinski definition) is 4. The van der Waals surface area contributed by atoms with Crippen LogP contribution in [0.5, 0.6) is 0 Å². The molecular weight excluding hydrogens is 254 g/mol. The molecule has 0 spiro atoms. The summed E-state index contributed by atoms with van der Waals surface area (Å²) >= 11 is 0. The van der Waals surface area contributed by atoms with E-state index in [-0.39, 0.29) is 5.75 Å². The van der Waals surface area contributed by atoms with Crippen LogP contribution in [-0.2, 0) is 16.7 Å². The van der Waals surface area contributed by atoms with Gasteiger partial charge in [-0.05, 0) is 12.5 Å². The third kappa shape index (κ3) is 3.08. The fourth-order valence-electron chi connectivity index (χ4n) is 1.98. The second-order valence-corrected chi connectivity index (χ2v) is 5.73. The van der Waals surface area contributed by atoms with Crippen molar-refractivity contribution in [1.29, 1.82) is 0 Å². The molecule has 1 aromatic heterocycles. The highest BCUT2D eigenvalue weighted by Gasteiger charge is 2.17. The Morgan fingerprint density at radius 2 is 2.00 bits per heavy atom. The van der Waals surface area contributed by atoms with Crippen molar-refractivity contribution in [3.63, 3.8) is 0 Å². The molecular formula is C12H15NO4S. The molecule has 0 saturated heterocycles. The van der Waals surface area contributed by atoms with E-state index >= 15 is 0 Å². The minimum atomic E-state index is -4.10. The minimum Gasteiger partial charge on any atom is -0.748 e. The maximum atomic E-state index is 10.5. The molecule has 0 aliphatic heterocycles. The molecule has 0 fully saturated rings. The third-order valence-electron chi connectivity index (χ3n) is 2.82. The van der Waals surface area contributed by atoms with E-state index in [1.165, 1.54) is 0 Å². The number of aryl methyl sites for hydroxylation is 2. The van der Waals surface area contributed by atoms with E-state index in [4.69, 9.17) is 4.42 Å². The summed E-state index contributed by atoms with van der Waals surface area (Å²) in [4.78, 5) is 0. The first-order chi connectivity index (χ1) is 8.47. The molecule has 0 unspecified atom stereocenters. The van der Waals surface area contributed by atoms with Crippen LogP contribution >= 0.6 is 0 Å². The second-order valence-electron chi connectivity index (χ2n) is 4.21. The number of nitrogens with zero attached hydrogens (tertiary/aromatic N) is 1. The molecule has 0 aliphatic rings. The molecule has 0 atom stereocenters. The van der Waals surface area contributed by atoms with Gasteiger partial charge in [0.2, 0.25) is 5.58 Å². The number of unbranched alkanes of at least 4 members (excludes halogenated alkanes) is 1. The van der Waals surface area contributed by atoms with Crippen LogP contribution in [0, 0.1) is 6.92 Å². The van der Waals surface area contributed by atoms with Crippen molar-refractivity contribution in [2.75, 3.05) is 5.75 Å². The zero-order valence-electron chi connectivity index (χ0n) is 10.1. The van der Waals surface area contributed by atoms with Gasteiger partial charge < -0.3 is 8.97 Å². The Hall–Kier alpha value is -1.40. The van der Waals surface area contributed by atoms with Gasteiger partial charge in [0.1, 0.15) is 0 Å². The van der Waals surface area contributed by atoms with Gasteiger partial charge in [0, 0.05) is 18.2 Å². The van der Waals surface area contributed by atoms with E-state index in [0.717, 1.165) is 17.0 Å². The Morgan fingerprint density at radius 1 is 1.28 bits per heavy atom. The van der Waals surface area contributed by atoms with Crippen molar-refractivity contribution in [3.8, 4) is 0 Å². The number of aromatic nitrogens is 1. The van der Waals surface area contributed by atoms with Gasteiger partial charge in [-0.15, -0.1) is 0 Å². The first-order valence-corrected chi connectivity index (χ1v) is 7.37. The SMILES string of the molecule is Cc1oc2ccccc2[n+]1CCCCS(=O)(=O)[O-]. The summed E-state index contributed by atoms with van der Waals surface area (Å²) in [5, 5.41) is 0. The summed E-state index contributed by atoms with van der Waals surface area (Å²) in [6.45, 7) is 2.52. The molecule has 2 rings (SSSR count). The molecule has 98 valence electrons. The van der Waals surface area contributed by atoms with Crippen molar-refractivity contribution >= 4 is 21.2 Å². The molecule has 0 amide bonds. The lowest BCUT2D eigenvalue weighted by molar-refractivity contribution is -0.683. The zero-order valence-corrected chi connectivity index (χ0v) is 10.9. The first kappa shape index (κ1) is 13.0. The fraction of sp³-hybridized carbons (Fsp3) is 0.417. The average molecular weight is 269 g/mol. The number of rotatable bonds is 5. The van der Waals surface area contributed by atoms with E-state index in [1.54, 1.807) is 0 Å². The number of oxazole rings is 1. The summed E-state index contributed by atoms with van der Waals surface area (Å²) in [5.41, 5.74) is 1.80. The number of fused-ring (bicyclic) bond motifs is 1. The highest BCUT2D eigenvalue weighted by atomic mass is 32.2. The van der Waals surface area contributed by atoms with Crippen molar-refractivity contribution in [2.45, 2.75) is 26.3 Å². The Kier molecular flexibility index (Phi) is 3.68. The standard InChI is InChI=1S/C12H15NO4S/c1-10-13(8-4-5-9-18(14,15)16)11-6-2-3-7-12(11)17-10/h2-3,6-7H,4-5,8-9H2,1H3. The van der Waals surface area contributed by atoms with Crippen LogP contribution in [-0.4, -0.2) is 18.7 Å². The molecule has 1 aromatic carbocycles. The van der Waals surface area contributed by atoms with E-state index in [0.29, 0.717) is 19.4 Å². The molecule has 0 radical (unpaired) electrons. The Balaban J connectivity index is 2.06. The molecule has 2 aromatic rings. The lowest BCUT2D eigenvalue weighted by atomic mass is 10.3. The van der Waals surface area contributed by atoms with Gasteiger partial charge in [-0.2, -0.15) is 4.57 Å². The van der Waals surface area contributed by atoms with E-state index in [9.17, 15) is 13.0 Å². The maximum absolute atomic E-state index is 10.5. The fourth-order valence-corrected chi connectivity index (χ4v) is 2.53. The van der Waals surface area contributed by atoms with E-state index in [2.05, 4.69) is 0 Å². The molecule has 0 aliphatic carbocycles. The van der Waals surface area contributed by atoms with Crippen LogP contribution in [0.1, 0.15) is 18.7 Å².